The topological polar surface area (TPSA) is 139 Å². The summed E-state index contributed by atoms with van der Waals surface area (Å²) in [5, 5.41) is 30.5. The molecule has 1 heterocycles. The number of rotatable bonds is 5. The summed E-state index contributed by atoms with van der Waals surface area (Å²) in [6.45, 7) is 2.06. The smallest absolute Gasteiger partial charge is 0.395 e. The molecule has 9 nitrogen and oxygen atoms in total. The van der Waals surface area contributed by atoms with Gasteiger partial charge >= 0.3 is 11.2 Å². The minimum atomic E-state index is -1.10. The number of benzene rings is 1. The molecule has 0 fully saturated rings. The number of H-pyrrole nitrogens is 1. The van der Waals surface area contributed by atoms with E-state index in [4.69, 9.17) is 16.3 Å². The lowest BCUT2D eigenvalue weighted by molar-refractivity contribution is -0.387. The average Bonchev–Trinajstić information content (AvgIpc) is 2.48. The van der Waals surface area contributed by atoms with E-state index in [2.05, 4.69) is 9.97 Å². The molecule has 3 N–H and O–H groups in total. The zero-order valence-electron chi connectivity index (χ0n) is 12.3. The fourth-order valence-electron chi connectivity index (χ4n) is 1.87. The van der Waals surface area contributed by atoms with Gasteiger partial charge in [0.2, 0.25) is 0 Å². The standard InChI is InChI=1S/C14H12ClN3O6/c1-2-24-9-6-8(15)5-7(12(9)19)3-4-10-16-13(20)11(18(22)23)14(21)17-10/h3-6,19H,2H2,1H3,(H2,16,17,20,21)/b4-3+. The number of ether oxygens (including phenoxy) is 1. The van der Waals surface area contributed by atoms with E-state index in [-0.39, 0.29) is 22.9 Å². The summed E-state index contributed by atoms with van der Waals surface area (Å²) in [6, 6.07) is 2.88. The van der Waals surface area contributed by atoms with Crippen molar-refractivity contribution in [2.75, 3.05) is 6.61 Å². The molecule has 0 aliphatic carbocycles. The predicted octanol–water partition coefficient (Wildman–Crippen LogP) is 2.31. The molecule has 0 unspecified atom stereocenters. The zero-order chi connectivity index (χ0) is 17.9. The van der Waals surface area contributed by atoms with Crippen LogP contribution in [0.4, 0.5) is 5.69 Å². The molecule has 0 radical (unpaired) electrons. The quantitative estimate of drug-likeness (QED) is 0.553. The number of nitrogens with one attached hydrogen (secondary N) is 1. The summed E-state index contributed by atoms with van der Waals surface area (Å²) in [7, 11) is 0. The molecular formula is C14H12ClN3O6. The number of hydrogen-bond donors (Lipinski definition) is 3. The monoisotopic (exact) mass is 353 g/mol. The van der Waals surface area contributed by atoms with Crippen LogP contribution < -0.4 is 10.3 Å². The van der Waals surface area contributed by atoms with Gasteiger partial charge in [-0.15, -0.1) is 0 Å². The Bertz CT molecular complexity index is 878. The van der Waals surface area contributed by atoms with Crippen molar-refractivity contribution in [1.29, 1.82) is 0 Å². The molecule has 0 bridgehead atoms. The SMILES string of the molecule is CCOc1cc(Cl)cc(/C=C/c2nc(O)c([N+](=O)[O-])c(=O)[nH]2)c1O. The molecule has 0 atom stereocenters. The van der Waals surface area contributed by atoms with E-state index in [0.29, 0.717) is 11.6 Å². The molecule has 0 amide bonds. The minimum absolute atomic E-state index is 0.138. The van der Waals surface area contributed by atoms with Gasteiger partial charge in [0, 0.05) is 16.7 Å². The fourth-order valence-corrected chi connectivity index (χ4v) is 2.09. The maximum Gasteiger partial charge on any atom is 0.395 e. The first-order valence-electron chi connectivity index (χ1n) is 6.64. The van der Waals surface area contributed by atoms with Crippen LogP contribution in [0, 0.1) is 10.1 Å². The number of hydrogen-bond acceptors (Lipinski definition) is 7. The minimum Gasteiger partial charge on any atom is -0.504 e. The molecule has 1 aromatic heterocycles. The Morgan fingerprint density at radius 1 is 1.42 bits per heavy atom. The number of phenols is 1. The summed E-state index contributed by atoms with van der Waals surface area (Å²) >= 11 is 5.93. The normalized spacial score (nSPS) is 10.9. The van der Waals surface area contributed by atoms with Crippen LogP contribution in [0.2, 0.25) is 5.02 Å². The van der Waals surface area contributed by atoms with Crippen molar-refractivity contribution >= 4 is 29.4 Å². The van der Waals surface area contributed by atoms with E-state index in [1.807, 2.05) is 0 Å². The van der Waals surface area contributed by atoms with Crippen LogP contribution in [0.15, 0.2) is 16.9 Å². The van der Waals surface area contributed by atoms with Crippen molar-refractivity contribution in [2.24, 2.45) is 0 Å². The molecule has 0 aliphatic heterocycles. The number of halogens is 1. The predicted molar refractivity (Wildman–Crippen MR) is 86.4 cm³/mol. The molecule has 1 aromatic carbocycles. The Morgan fingerprint density at radius 2 is 2.12 bits per heavy atom. The van der Waals surface area contributed by atoms with Gasteiger partial charge in [-0.25, -0.2) is 0 Å². The Hall–Kier alpha value is -3.07. The molecule has 10 heteroatoms. The van der Waals surface area contributed by atoms with Crippen molar-refractivity contribution in [2.45, 2.75) is 6.92 Å². The van der Waals surface area contributed by atoms with Crippen LogP contribution in [-0.2, 0) is 0 Å². The maximum absolute atomic E-state index is 11.6. The second kappa shape index (κ2) is 7.01. The number of aromatic amines is 1. The van der Waals surface area contributed by atoms with Crippen molar-refractivity contribution < 1.29 is 19.9 Å². The van der Waals surface area contributed by atoms with E-state index in [1.54, 1.807) is 6.92 Å². The summed E-state index contributed by atoms with van der Waals surface area (Å²) in [6.07, 6.45) is 2.60. The maximum atomic E-state index is 11.6. The van der Waals surface area contributed by atoms with Gasteiger partial charge in [0.25, 0.3) is 5.88 Å². The molecule has 2 aromatic rings. The summed E-state index contributed by atoms with van der Waals surface area (Å²) < 4.78 is 5.23. The number of aromatic hydroxyl groups is 2. The fraction of sp³-hybridized carbons (Fsp3) is 0.143. The molecule has 0 spiro atoms. The van der Waals surface area contributed by atoms with Crippen molar-refractivity contribution in [3.8, 4) is 17.4 Å². The van der Waals surface area contributed by atoms with Crippen LogP contribution in [0.25, 0.3) is 12.2 Å². The first kappa shape index (κ1) is 17.3. The number of nitrogens with zero attached hydrogens (tertiary/aromatic N) is 2. The Morgan fingerprint density at radius 3 is 2.71 bits per heavy atom. The van der Waals surface area contributed by atoms with Gasteiger partial charge in [-0.1, -0.05) is 11.6 Å². The summed E-state index contributed by atoms with van der Waals surface area (Å²) in [5.74, 6) is -1.14. The van der Waals surface area contributed by atoms with Gasteiger partial charge in [-0.2, -0.15) is 4.98 Å². The van der Waals surface area contributed by atoms with Gasteiger partial charge in [-0.3, -0.25) is 14.9 Å². The van der Waals surface area contributed by atoms with Crippen LogP contribution in [-0.4, -0.2) is 31.7 Å². The first-order chi connectivity index (χ1) is 11.3. The molecule has 2 rings (SSSR count). The number of phenolic OH excluding ortho intramolecular Hbond substituents is 1. The van der Waals surface area contributed by atoms with Crippen LogP contribution in [0.3, 0.4) is 0 Å². The lowest BCUT2D eigenvalue weighted by Gasteiger charge is -2.08. The van der Waals surface area contributed by atoms with Gasteiger partial charge in [0.1, 0.15) is 5.82 Å². The highest BCUT2D eigenvalue weighted by Gasteiger charge is 2.21. The number of nitro groups is 1. The second-order valence-corrected chi connectivity index (χ2v) is 4.93. The molecule has 0 saturated carbocycles. The highest BCUT2D eigenvalue weighted by atomic mass is 35.5. The highest BCUT2D eigenvalue weighted by molar-refractivity contribution is 6.31. The lowest BCUT2D eigenvalue weighted by atomic mass is 10.1. The van der Waals surface area contributed by atoms with Crippen molar-refractivity contribution in [3.05, 3.63) is 49.0 Å². The van der Waals surface area contributed by atoms with Crippen LogP contribution in [0.1, 0.15) is 18.3 Å². The first-order valence-corrected chi connectivity index (χ1v) is 7.02. The highest BCUT2D eigenvalue weighted by Crippen LogP contribution is 2.34. The summed E-state index contributed by atoms with van der Waals surface area (Å²) in [5.41, 5.74) is -1.87. The third kappa shape index (κ3) is 3.63. The van der Waals surface area contributed by atoms with E-state index >= 15 is 0 Å². The Balaban J connectivity index is 2.42. The van der Waals surface area contributed by atoms with E-state index < -0.39 is 22.0 Å². The van der Waals surface area contributed by atoms with E-state index in [9.17, 15) is 25.1 Å². The summed E-state index contributed by atoms with van der Waals surface area (Å²) in [4.78, 5) is 26.8. The van der Waals surface area contributed by atoms with E-state index in [1.165, 1.54) is 24.3 Å². The van der Waals surface area contributed by atoms with Crippen molar-refractivity contribution in [3.63, 3.8) is 0 Å². The van der Waals surface area contributed by atoms with Crippen LogP contribution in [0.5, 0.6) is 17.4 Å². The molecule has 0 aliphatic rings. The lowest BCUT2D eigenvalue weighted by Crippen LogP contribution is -2.14. The molecular weight excluding hydrogens is 342 g/mol. The van der Waals surface area contributed by atoms with Gasteiger partial charge in [0.05, 0.1) is 11.5 Å². The third-order valence-electron chi connectivity index (χ3n) is 2.87. The van der Waals surface area contributed by atoms with Gasteiger partial charge in [0.15, 0.2) is 11.5 Å². The largest absolute Gasteiger partial charge is 0.504 e. The zero-order valence-corrected chi connectivity index (χ0v) is 13.1. The van der Waals surface area contributed by atoms with Gasteiger partial charge < -0.3 is 19.9 Å². The molecule has 126 valence electrons. The van der Waals surface area contributed by atoms with Crippen molar-refractivity contribution in [1.82, 2.24) is 9.97 Å². The average molecular weight is 354 g/mol. The molecule has 24 heavy (non-hydrogen) atoms. The van der Waals surface area contributed by atoms with Crippen LogP contribution >= 0.6 is 11.6 Å². The second-order valence-electron chi connectivity index (χ2n) is 4.49. The van der Waals surface area contributed by atoms with E-state index in [0.717, 1.165) is 0 Å². The Kier molecular flexibility index (Phi) is 5.05. The molecule has 0 saturated heterocycles. The number of aromatic nitrogens is 2. The van der Waals surface area contributed by atoms with Gasteiger partial charge in [-0.05, 0) is 25.1 Å². The Labute approximate surface area is 140 Å². The third-order valence-corrected chi connectivity index (χ3v) is 3.09.